The highest BCUT2D eigenvalue weighted by Crippen LogP contribution is 2.37. The van der Waals surface area contributed by atoms with Crippen LogP contribution in [0.3, 0.4) is 0 Å². The molecule has 3 nitrogen and oxygen atoms in total. The summed E-state index contributed by atoms with van der Waals surface area (Å²) in [4.78, 5) is 10.7. The number of aryl methyl sites for hydroxylation is 1. The Labute approximate surface area is 129 Å². The minimum absolute atomic E-state index is 0.103. The highest BCUT2D eigenvalue weighted by atomic mass is 32.1. The first-order valence-corrected chi connectivity index (χ1v) is 8.85. The van der Waals surface area contributed by atoms with Crippen LogP contribution in [0.1, 0.15) is 51.7 Å². The van der Waals surface area contributed by atoms with Gasteiger partial charge < -0.3 is 5.32 Å². The Morgan fingerprint density at radius 2 is 1.95 bits per heavy atom. The molecule has 1 N–H and O–H groups in total. The fraction of sp³-hybridized carbons (Fsp3) is 0.600. The fourth-order valence-electron chi connectivity index (χ4n) is 1.80. The van der Waals surface area contributed by atoms with Crippen molar-refractivity contribution in [3.63, 3.8) is 0 Å². The van der Waals surface area contributed by atoms with Crippen LogP contribution in [0.25, 0.3) is 10.6 Å². The summed E-state index contributed by atoms with van der Waals surface area (Å²) in [6, 6.07) is 0. The monoisotopic (exact) mass is 309 g/mol. The van der Waals surface area contributed by atoms with Crippen molar-refractivity contribution in [2.75, 3.05) is 11.9 Å². The van der Waals surface area contributed by atoms with Gasteiger partial charge in [0.05, 0.1) is 21.3 Å². The smallest absolute Gasteiger partial charge is 0.183 e. The highest BCUT2D eigenvalue weighted by Gasteiger charge is 2.22. The van der Waals surface area contributed by atoms with E-state index in [1.165, 1.54) is 15.6 Å². The lowest BCUT2D eigenvalue weighted by molar-refractivity contribution is 0.583. The van der Waals surface area contributed by atoms with Gasteiger partial charge in [-0.3, -0.25) is 0 Å². The molecule has 0 atom stereocenters. The maximum absolute atomic E-state index is 4.81. The minimum Gasteiger partial charge on any atom is -0.362 e. The third-order valence-electron chi connectivity index (χ3n) is 2.94. The summed E-state index contributed by atoms with van der Waals surface area (Å²) in [6.45, 7) is 11.9. The molecule has 0 radical (unpaired) electrons. The van der Waals surface area contributed by atoms with E-state index in [1.54, 1.807) is 22.7 Å². The maximum atomic E-state index is 4.81. The van der Waals surface area contributed by atoms with Crippen LogP contribution in [0.2, 0.25) is 0 Å². The van der Waals surface area contributed by atoms with E-state index < -0.39 is 0 Å². The van der Waals surface area contributed by atoms with Crippen LogP contribution in [-0.4, -0.2) is 16.5 Å². The normalized spacial score (nSPS) is 11.8. The summed E-state index contributed by atoms with van der Waals surface area (Å²) >= 11 is 3.46. The second-order valence-corrected chi connectivity index (χ2v) is 7.72. The van der Waals surface area contributed by atoms with Crippen molar-refractivity contribution in [2.24, 2.45) is 0 Å². The van der Waals surface area contributed by atoms with E-state index in [9.17, 15) is 0 Å². The molecule has 2 rings (SSSR count). The lowest BCUT2D eigenvalue weighted by Gasteiger charge is -2.13. The molecule has 2 aromatic heterocycles. The molecule has 5 heteroatoms. The van der Waals surface area contributed by atoms with Crippen LogP contribution in [0.5, 0.6) is 0 Å². The van der Waals surface area contributed by atoms with Gasteiger partial charge in [-0.05, 0) is 12.8 Å². The molecule has 0 saturated heterocycles. The first-order valence-electron chi connectivity index (χ1n) is 7.15. The lowest BCUT2D eigenvalue weighted by Crippen LogP contribution is -2.10. The molecule has 0 amide bonds. The number of nitrogens with one attached hydrogen (secondary N) is 1. The quantitative estimate of drug-likeness (QED) is 0.849. The minimum atomic E-state index is 0.103. The van der Waals surface area contributed by atoms with Gasteiger partial charge >= 0.3 is 0 Å². The molecular weight excluding hydrogens is 286 g/mol. The van der Waals surface area contributed by atoms with E-state index in [4.69, 9.17) is 9.97 Å². The lowest BCUT2D eigenvalue weighted by atomic mass is 9.98. The molecule has 0 spiro atoms. The van der Waals surface area contributed by atoms with E-state index in [2.05, 4.69) is 45.3 Å². The van der Waals surface area contributed by atoms with Crippen molar-refractivity contribution in [3.05, 3.63) is 16.1 Å². The molecule has 0 aliphatic rings. The molecule has 0 fully saturated rings. The van der Waals surface area contributed by atoms with Crippen LogP contribution < -0.4 is 5.32 Å². The Balaban J connectivity index is 2.31. The van der Waals surface area contributed by atoms with Crippen LogP contribution in [0, 0.1) is 0 Å². The van der Waals surface area contributed by atoms with Crippen LogP contribution in [-0.2, 0) is 11.8 Å². The molecular formula is C15H23N3S2. The van der Waals surface area contributed by atoms with Crippen molar-refractivity contribution in [2.45, 2.75) is 52.9 Å². The van der Waals surface area contributed by atoms with E-state index in [1.807, 2.05) is 0 Å². The van der Waals surface area contributed by atoms with Gasteiger partial charge in [-0.15, -0.1) is 22.7 Å². The number of hydrogen-bond donors (Lipinski definition) is 1. The molecule has 0 saturated carbocycles. The third-order valence-corrected chi connectivity index (χ3v) is 5.28. The van der Waals surface area contributed by atoms with Gasteiger partial charge in [0.1, 0.15) is 0 Å². The van der Waals surface area contributed by atoms with Gasteiger partial charge in [0.15, 0.2) is 5.13 Å². The average molecular weight is 310 g/mol. The van der Waals surface area contributed by atoms with Gasteiger partial charge in [0.25, 0.3) is 0 Å². The second-order valence-electron chi connectivity index (χ2n) is 5.86. The molecule has 0 aliphatic heterocycles. The predicted molar refractivity (Wildman–Crippen MR) is 90.1 cm³/mol. The zero-order chi connectivity index (χ0) is 14.8. The molecule has 110 valence electrons. The van der Waals surface area contributed by atoms with Gasteiger partial charge in [0.2, 0.25) is 0 Å². The SMILES string of the molecule is CCCNc1nc(-c2sc(C(C)(C)C)nc2CC)cs1. The van der Waals surface area contributed by atoms with Gasteiger partial charge in [-0.25, -0.2) is 9.97 Å². The second kappa shape index (κ2) is 6.22. The number of aromatic nitrogens is 2. The van der Waals surface area contributed by atoms with Crippen molar-refractivity contribution in [1.29, 1.82) is 0 Å². The molecule has 0 aromatic carbocycles. The fourth-order valence-corrected chi connectivity index (χ4v) is 3.78. The average Bonchev–Trinajstić information content (AvgIpc) is 3.01. The van der Waals surface area contributed by atoms with Crippen molar-refractivity contribution < 1.29 is 0 Å². The number of nitrogens with zero attached hydrogens (tertiary/aromatic N) is 2. The summed E-state index contributed by atoms with van der Waals surface area (Å²) < 4.78 is 0. The Morgan fingerprint density at radius 3 is 2.55 bits per heavy atom. The molecule has 2 aromatic rings. The van der Waals surface area contributed by atoms with E-state index in [0.717, 1.165) is 30.2 Å². The summed E-state index contributed by atoms with van der Waals surface area (Å²) in [5.74, 6) is 0. The van der Waals surface area contributed by atoms with Crippen LogP contribution >= 0.6 is 22.7 Å². The number of anilines is 1. The number of rotatable bonds is 5. The van der Waals surface area contributed by atoms with Gasteiger partial charge in [-0.1, -0.05) is 34.6 Å². The van der Waals surface area contributed by atoms with E-state index in [-0.39, 0.29) is 5.41 Å². The molecule has 0 unspecified atom stereocenters. The third kappa shape index (κ3) is 3.38. The first-order chi connectivity index (χ1) is 9.45. The standard InChI is InChI=1S/C15H23N3S2/c1-6-8-16-14-18-11(9-19-14)12-10(7-2)17-13(20-12)15(3,4)5/h9H,6-8H2,1-5H3,(H,16,18). The molecule has 2 heterocycles. The summed E-state index contributed by atoms with van der Waals surface area (Å²) in [5, 5.41) is 7.69. The van der Waals surface area contributed by atoms with E-state index >= 15 is 0 Å². The highest BCUT2D eigenvalue weighted by molar-refractivity contribution is 7.17. The Hall–Kier alpha value is -0.940. The Morgan fingerprint density at radius 1 is 1.20 bits per heavy atom. The summed E-state index contributed by atoms with van der Waals surface area (Å²) in [7, 11) is 0. The Kier molecular flexibility index (Phi) is 4.81. The molecule has 20 heavy (non-hydrogen) atoms. The molecule has 0 bridgehead atoms. The zero-order valence-electron chi connectivity index (χ0n) is 12.9. The first kappa shape index (κ1) is 15.4. The van der Waals surface area contributed by atoms with E-state index in [0.29, 0.717) is 0 Å². The maximum Gasteiger partial charge on any atom is 0.183 e. The van der Waals surface area contributed by atoms with Crippen molar-refractivity contribution in [1.82, 2.24) is 9.97 Å². The van der Waals surface area contributed by atoms with Crippen molar-refractivity contribution in [3.8, 4) is 10.6 Å². The summed E-state index contributed by atoms with van der Waals surface area (Å²) in [5.41, 5.74) is 2.34. The van der Waals surface area contributed by atoms with Crippen molar-refractivity contribution >= 4 is 27.8 Å². The number of thiazole rings is 2. The topological polar surface area (TPSA) is 37.8 Å². The number of hydrogen-bond acceptors (Lipinski definition) is 5. The van der Waals surface area contributed by atoms with Gasteiger partial charge in [0, 0.05) is 17.3 Å². The van der Waals surface area contributed by atoms with Gasteiger partial charge in [-0.2, -0.15) is 0 Å². The van der Waals surface area contributed by atoms with Crippen LogP contribution in [0.4, 0.5) is 5.13 Å². The predicted octanol–water partition coefficient (Wildman–Crippen LogP) is 4.95. The largest absolute Gasteiger partial charge is 0.362 e. The Bertz CT molecular complexity index is 564. The summed E-state index contributed by atoms with van der Waals surface area (Å²) in [6.07, 6.45) is 2.07. The van der Waals surface area contributed by atoms with Crippen LogP contribution in [0.15, 0.2) is 5.38 Å². The molecule has 0 aliphatic carbocycles. The zero-order valence-corrected chi connectivity index (χ0v) is 14.5.